The molecule has 2 nitrogen and oxygen atoms in total. The summed E-state index contributed by atoms with van der Waals surface area (Å²) in [7, 11) is 0. The molecule has 3 aromatic rings. The van der Waals surface area contributed by atoms with Gasteiger partial charge in [-0.25, -0.2) is 0 Å². The maximum atomic E-state index is 3.60. The smallest absolute Gasteiger partial charge is 0.0392 e. The number of fused-ring (bicyclic) bond motifs is 1. The second-order valence-electron chi connectivity index (χ2n) is 7.03. The van der Waals surface area contributed by atoms with E-state index in [4.69, 9.17) is 0 Å². The van der Waals surface area contributed by atoms with Gasteiger partial charge in [0, 0.05) is 32.2 Å². The molecular formula is C24H26N2. The van der Waals surface area contributed by atoms with Gasteiger partial charge in [-0.05, 0) is 28.7 Å². The zero-order valence-electron chi connectivity index (χ0n) is 15.1. The van der Waals surface area contributed by atoms with E-state index in [0.717, 1.165) is 32.6 Å². The van der Waals surface area contributed by atoms with Crippen LogP contribution in [-0.4, -0.2) is 18.0 Å². The monoisotopic (exact) mass is 342 g/mol. The molecule has 0 radical (unpaired) electrons. The van der Waals surface area contributed by atoms with Crippen molar-refractivity contribution in [2.24, 2.45) is 0 Å². The van der Waals surface area contributed by atoms with E-state index in [0.29, 0.717) is 6.04 Å². The summed E-state index contributed by atoms with van der Waals surface area (Å²) >= 11 is 0. The van der Waals surface area contributed by atoms with Gasteiger partial charge in [0.15, 0.2) is 0 Å². The lowest BCUT2D eigenvalue weighted by Gasteiger charge is -2.37. The summed E-state index contributed by atoms with van der Waals surface area (Å²) in [5.41, 5.74) is 5.73. The number of nitrogens with zero attached hydrogens (tertiary/aromatic N) is 1. The number of hydrogen-bond acceptors (Lipinski definition) is 2. The third kappa shape index (κ3) is 4.04. The van der Waals surface area contributed by atoms with Crippen LogP contribution in [0.15, 0.2) is 84.9 Å². The summed E-state index contributed by atoms with van der Waals surface area (Å²) in [6, 6.07) is 30.9. The zero-order chi connectivity index (χ0) is 17.6. The third-order valence-corrected chi connectivity index (χ3v) is 5.28. The molecule has 1 atom stereocenters. The van der Waals surface area contributed by atoms with E-state index in [2.05, 4.69) is 95.1 Å². The first-order valence-corrected chi connectivity index (χ1v) is 9.50. The molecule has 4 rings (SSSR count). The average Bonchev–Trinajstić information content (AvgIpc) is 2.72. The lowest BCUT2D eigenvalue weighted by Crippen LogP contribution is -2.38. The van der Waals surface area contributed by atoms with Crippen LogP contribution in [0.25, 0.3) is 0 Å². The first-order valence-electron chi connectivity index (χ1n) is 9.50. The minimum Gasteiger partial charge on any atom is -0.311 e. The van der Waals surface area contributed by atoms with Gasteiger partial charge in [-0.15, -0.1) is 0 Å². The van der Waals surface area contributed by atoms with Crippen LogP contribution in [0, 0.1) is 0 Å². The largest absolute Gasteiger partial charge is 0.311 e. The summed E-state index contributed by atoms with van der Waals surface area (Å²) in [5, 5.41) is 3.60. The van der Waals surface area contributed by atoms with Crippen molar-refractivity contribution in [3.63, 3.8) is 0 Å². The minimum atomic E-state index is 0.463. The summed E-state index contributed by atoms with van der Waals surface area (Å²) in [5.74, 6) is 0. The standard InChI is InChI=1S/C24H26N2/c1-3-9-20(10-4-1)18-25-15-16-26-19-23-14-8-7-13-22(23)17-24(26)21-11-5-2-6-12-21/h1-14,24-25H,15-19H2. The van der Waals surface area contributed by atoms with Gasteiger partial charge in [0.25, 0.3) is 0 Å². The minimum absolute atomic E-state index is 0.463. The van der Waals surface area contributed by atoms with Gasteiger partial charge < -0.3 is 5.32 Å². The molecule has 0 aromatic heterocycles. The molecule has 2 heteroatoms. The first kappa shape index (κ1) is 17.0. The van der Waals surface area contributed by atoms with E-state index in [1.807, 2.05) is 0 Å². The van der Waals surface area contributed by atoms with Gasteiger partial charge in [-0.3, -0.25) is 4.90 Å². The van der Waals surface area contributed by atoms with Gasteiger partial charge in [-0.1, -0.05) is 84.9 Å². The predicted octanol–water partition coefficient (Wildman–Crippen LogP) is 4.58. The average molecular weight is 342 g/mol. The van der Waals surface area contributed by atoms with E-state index in [1.54, 1.807) is 0 Å². The Balaban J connectivity index is 1.43. The molecule has 1 aliphatic heterocycles. The van der Waals surface area contributed by atoms with Gasteiger partial charge in [-0.2, -0.15) is 0 Å². The Morgan fingerprint density at radius 3 is 2.19 bits per heavy atom. The van der Waals surface area contributed by atoms with Crippen LogP contribution < -0.4 is 5.32 Å². The fourth-order valence-corrected chi connectivity index (χ4v) is 3.87. The number of rotatable bonds is 6. The maximum Gasteiger partial charge on any atom is 0.0392 e. The first-order chi connectivity index (χ1) is 12.9. The predicted molar refractivity (Wildman–Crippen MR) is 108 cm³/mol. The summed E-state index contributed by atoms with van der Waals surface area (Å²) in [4.78, 5) is 2.62. The molecule has 0 amide bonds. The summed E-state index contributed by atoms with van der Waals surface area (Å²) < 4.78 is 0. The van der Waals surface area contributed by atoms with Crippen LogP contribution >= 0.6 is 0 Å². The van der Waals surface area contributed by atoms with Crippen molar-refractivity contribution in [3.8, 4) is 0 Å². The Morgan fingerprint density at radius 2 is 1.42 bits per heavy atom. The van der Waals surface area contributed by atoms with Gasteiger partial charge >= 0.3 is 0 Å². The maximum absolute atomic E-state index is 3.60. The van der Waals surface area contributed by atoms with E-state index in [9.17, 15) is 0 Å². The molecule has 1 aliphatic rings. The number of nitrogens with one attached hydrogen (secondary N) is 1. The molecule has 0 aliphatic carbocycles. The highest BCUT2D eigenvalue weighted by atomic mass is 15.2. The SMILES string of the molecule is c1ccc(CNCCN2Cc3ccccc3CC2c2ccccc2)cc1. The molecule has 0 saturated heterocycles. The van der Waals surface area contributed by atoms with Crippen molar-refractivity contribution in [1.82, 2.24) is 10.2 Å². The lowest BCUT2D eigenvalue weighted by atomic mass is 9.90. The second kappa shape index (κ2) is 8.31. The van der Waals surface area contributed by atoms with Crippen molar-refractivity contribution in [1.29, 1.82) is 0 Å². The highest BCUT2D eigenvalue weighted by Gasteiger charge is 2.26. The molecule has 0 bridgehead atoms. The molecule has 1 N–H and O–H groups in total. The molecule has 0 saturated carbocycles. The van der Waals surface area contributed by atoms with Crippen molar-refractivity contribution >= 4 is 0 Å². The van der Waals surface area contributed by atoms with Crippen molar-refractivity contribution < 1.29 is 0 Å². The van der Waals surface area contributed by atoms with Gasteiger partial charge in [0.2, 0.25) is 0 Å². The molecule has 0 fully saturated rings. The van der Waals surface area contributed by atoms with Crippen LogP contribution in [0.1, 0.15) is 28.3 Å². The fourth-order valence-electron chi connectivity index (χ4n) is 3.87. The molecular weight excluding hydrogens is 316 g/mol. The molecule has 132 valence electrons. The topological polar surface area (TPSA) is 15.3 Å². The van der Waals surface area contributed by atoms with E-state index < -0.39 is 0 Å². The van der Waals surface area contributed by atoms with E-state index in [1.165, 1.54) is 22.3 Å². The molecule has 26 heavy (non-hydrogen) atoms. The van der Waals surface area contributed by atoms with Crippen LogP contribution in [0.2, 0.25) is 0 Å². The van der Waals surface area contributed by atoms with Gasteiger partial charge in [0.05, 0.1) is 0 Å². The van der Waals surface area contributed by atoms with Crippen molar-refractivity contribution in [2.75, 3.05) is 13.1 Å². The van der Waals surface area contributed by atoms with Crippen LogP contribution in [0.4, 0.5) is 0 Å². The Labute approximate surface area is 156 Å². The zero-order valence-corrected chi connectivity index (χ0v) is 15.1. The quantitative estimate of drug-likeness (QED) is 0.660. The Bertz CT molecular complexity index is 814. The second-order valence-corrected chi connectivity index (χ2v) is 7.03. The van der Waals surface area contributed by atoms with E-state index >= 15 is 0 Å². The van der Waals surface area contributed by atoms with Crippen LogP contribution in [0.3, 0.4) is 0 Å². The molecule has 1 heterocycles. The lowest BCUT2D eigenvalue weighted by molar-refractivity contribution is 0.173. The summed E-state index contributed by atoms with van der Waals surface area (Å²) in [6.07, 6.45) is 1.10. The summed E-state index contributed by atoms with van der Waals surface area (Å²) in [6.45, 7) is 4.02. The number of hydrogen-bond donors (Lipinski definition) is 1. The fraction of sp³-hybridized carbons (Fsp3) is 0.250. The Morgan fingerprint density at radius 1 is 0.769 bits per heavy atom. The van der Waals surface area contributed by atoms with Crippen LogP contribution in [-0.2, 0) is 19.5 Å². The normalized spacial score (nSPS) is 17.0. The molecule has 1 unspecified atom stereocenters. The molecule has 0 spiro atoms. The Hall–Kier alpha value is -2.42. The number of benzene rings is 3. The van der Waals surface area contributed by atoms with Crippen molar-refractivity contribution in [3.05, 3.63) is 107 Å². The highest BCUT2D eigenvalue weighted by molar-refractivity contribution is 5.33. The highest BCUT2D eigenvalue weighted by Crippen LogP contribution is 2.32. The third-order valence-electron chi connectivity index (χ3n) is 5.28. The van der Waals surface area contributed by atoms with Crippen LogP contribution in [0.5, 0.6) is 0 Å². The Kier molecular flexibility index (Phi) is 5.44. The van der Waals surface area contributed by atoms with E-state index in [-0.39, 0.29) is 0 Å². The molecule has 3 aromatic carbocycles. The van der Waals surface area contributed by atoms with Gasteiger partial charge in [0.1, 0.15) is 0 Å². The van der Waals surface area contributed by atoms with Crippen molar-refractivity contribution in [2.45, 2.75) is 25.6 Å².